The Morgan fingerprint density at radius 2 is 2.06 bits per heavy atom. The van der Waals surface area contributed by atoms with E-state index >= 15 is 0 Å². The van der Waals surface area contributed by atoms with E-state index in [4.69, 9.17) is 9.84 Å². The minimum atomic E-state index is -0.519. The Hall–Kier alpha value is -1.34. The molecule has 1 heterocycles. The summed E-state index contributed by atoms with van der Waals surface area (Å²) in [7, 11) is 2.64. The lowest BCUT2D eigenvalue weighted by molar-refractivity contribution is -0.147. The van der Waals surface area contributed by atoms with E-state index < -0.39 is 6.09 Å². The van der Waals surface area contributed by atoms with E-state index in [0.717, 1.165) is 0 Å². The van der Waals surface area contributed by atoms with Gasteiger partial charge in [0.2, 0.25) is 0 Å². The fraction of sp³-hybridized carbons (Fsp3) is 0.818. The van der Waals surface area contributed by atoms with Gasteiger partial charge in [0.05, 0.1) is 26.7 Å². The van der Waals surface area contributed by atoms with Crippen LogP contribution in [0.15, 0.2) is 0 Å². The van der Waals surface area contributed by atoms with E-state index in [-0.39, 0.29) is 24.5 Å². The summed E-state index contributed by atoms with van der Waals surface area (Å²) in [6.45, 7) is 1.60. The van der Waals surface area contributed by atoms with Crippen LogP contribution < -0.4 is 5.32 Å². The number of hydrogen-bond acceptors (Lipinski definition) is 6. The number of rotatable bonds is 4. The number of amides is 1. The molecule has 7 heteroatoms. The number of alkyl carbamates (subject to hydrolysis) is 1. The second-order valence-electron chi connectivity index (χ2n) is 4.27. The van der Waals surface area contributed by atoms with Crippen LogP contribution in [0, 0.1) is 5.92 Å². The number of methoxy groups -OCH3 is 2. The van der Waals surface area contributed by atoms with E-state index in [1.54, 1.807) is 0 Å². The van der Waals surface area contributed by atoms with Gasteiger partial charge in [0.25, 0.3) is 0 Å². The Morgan fingerprint density at radius 3 is 2.61 bits per heavy atom. The number of carbonyl (C=O) groups is 2. The number of ether oxygens (including phenoxy) is 2. The van der Waals surface area contributed by atoms with Crippen LogP contribution in [0.5, 0.6) is 0 Å². The summed E-state index contributed by atoms with van der Waals surface area (Å²) in [6, 6.07) is -0.179. The Kier molecular flexibility index (Phi) is 5.87. The zero-order valence-corrected chi connectivity index (χ0v) is 10.7. The van der Waals surface area contributed by atoms with Crippen molar-refractivity contribution in [2.24, 2.45) is 5.92 Å². The first-order chi connectivity index (χ1) is 8.60. The van der Waals surface area contributed by atoms with Gasteiger partial charge in [0, 0.05) is 25.7 Å². The maximum Gasteiger partial charge on any atom is 0.407 e. The summed E-state index contributed by atoms with van der Waals surface area (Å²) in [5.41, 5.74) is 0. The first-order valence-electron chi connectivity index (χ1n) is 5.86. The van der Waals surface area contributed by atoms with Crippen molar-refractivity contribution >= 4 is 12.1 Å². The molecule has 2 unspecified atom stereocenters. The fourth-order valence-electron chi connectivity index (χ4n) is 2.18. The molecule has 1 aliphatic rings. The molecular weight excluding hydrogens is 240 g/mol. The lowest BCUT2D eigenvalue weighted by Crippen LogP contribution is -2.53. The number of hydrogen-bond donors (Lipinski definition) is 2. The molecule has 2 N–H and O–H groups in total. The van der Waals surface area contributed by atoms with Crippen molar-refractivity contribution in [3.8, 4) is 0 Å². The van der Waals surface area contributed by atoms with Gasteiger partial charge in [0.15, 0.2) is 0 Å². The van der Waals surface area contributed by atoms with E-state index in [1.165, 1.54) is 14.2 Å². The zero-order valence-electron chi connectivity index (χ0n) is 10.7. The average Bonchev–Trinajstić information content (AvgIpc) is 2.37. The molecule has 1 amide bonds. The molecule has 2 atom stereocenters. The molecule has 0 aromatic rings. The summed E-state index contributed by atoms with van der Waals surface area (Å²) < 4.78 is 9.26. The monoisotopic (exact) mass is 260 g/mol. The maximum atomic E-state index is 11.6. The Morgan fingerprint density at radius 1 is 1.33 bits per heavy atom. The summed E-state index contributed by atoms with van der Waals surface area (Å²) in [4.78, 5) is 24.7. The van der Waals surface area contributed by atoms with Gasteiger partial charge in [-0.2, -0.15) is 0 Å². The number of aliphatic hydroxyl groups excluding tert-OH is 1. The fourth-order valence-corrected chi connectivity index (χ4v) is 2.18. The lowest BCUT2D eigenvalue weighted by atomic mass is 9.94. The molecule has 0 saturated carbocycles. The summed E-state index contributed by atoms with van der Waals surface area (Å²) in [5, 5.41) is 11.6. The van der Waals surface area contributed by atoms with Crippen LogP contribution in [0.4, 0.5) is 4.79 Å². The van der Waals surface area contributed by atoms with Gasteiger partial charge in [-0.15, -0.1) is 0 Å². The number of aliphatic hydroxyl groups is 1. The lowest BCUT2D eigenvalue weighted by Gasteiger charge is -2.36. The number of carbonyl (C=O) groups excluding carboxylic acids is 2. The van der Waals surface area contributed by atoms with Crippen LogP contribution in [-0.4, -0.2) is 68.6 Å². The smallest absolute Gasteiger partial charge is 0.407 e. The van der Waals surface area contributed by atoms with Crippen LogP contribution in [-0.2, 0) is 14.3 Å². The van der Waals surface area contributed by atoms with Crippen LogP contribution in [0.25, 0.3) is 0 Å². The van der Waals surface area contributed by atoms with Gasteiger partial charge in [-0.25, -0.2) is 4.79 Å². The summed E-state index contributed by atoms with van der Waals surface area (Å²) in [5.74, 6) is -0.591. The van der Waals surface area contributed by atoms with Crippen molar-refractivity contribution in [2.75, 3.05) is 40.5 Å². The van der Waals surface area contributed by atoms with E-state index in [1.807, 2.05) is 4.90 Å². The molecule has 0 aromatic carbocycles. The Labute approximate surface area is 106 Å². The van der Waals surface area contributed by atoms with Crippen molar-refractivity contribution in [3.63, 3.8) is 0 Å². The first kappa shape index (κ1) is 14.7. The normalized spacial score (nSPS) is 24.4. The highest BCUT2D eigenvalue weighted by Crippen LogP contribution is 2.18. The van der Waals surface area contributed by atoms with Gasteiger partial charge in [-0.1, -0.05) is 0 Å². The standard InChI is InChI=1S/C11H20N2O5/c1-17-10(15)8-5-9(12-11(16)18-2)7-13(6-8)3-4-14/h8-9,14H,3-7H2,1-2H3,(H,12,16). The Bertz CT molecular complexity index is 297. The Balaban J connectivity index is 2.61. The van der Waals surface area contributed by atoms with Crippen LogP contribution >= 0.6 is 0 Å². The third kappa shape index (κ3) is 4.15. The quantitative estimate of drug-likeness (QED) is 0.643. The van der Waals surface area contributed by atoms with Crippen molar-refractivity contribution in [2.45, 2.75) is 12.5 Å². The minimum absolute atomic E-state index is 0.0127. The molecule has 1 aliphatic heterocycles. The molecule has 0 bridgehead atoms. The summed E-state index contributed by atoms with van der Waals surface area (Å²) in [6.07, 6.45) is -0.00145. The molecule has 1 rings (SSSR count). The number of β-amino-alcohol motifs (C(OH)–C–C–N with tert-alkyl or cyclic N) is 1. The van der Waals surface area contributed by atoms with Crippen LogP contribution in [0.2, 0.25) is 0 Å². The summed E-state index contributed by atoms with van der Waals surface area (Å²) >= 11 is 0. The number of esters is 1. The molecule has 1 saturated heterocycles. The second-order valence-corrected chi connectivity index (χ2v) is 4.27. The molecule has 0 spiro atoms. The zero-order chi connectivity index (χ0) is 13.5. The predicted octanol–water partition coefficient (Wildman–Crippen LogP) is -0.802. The SMILES string of the molecule is COC(=O)NC1CC(C(=O)OC)CN(CCO)C1. The molecule has 18 heavy (non-hydrogen) atoms. The third-order valence-corrected chi connectivity index (χ3v) is 2.98. The third-order valence-electron chi connectivity index (χ3n) is 2.98. The number of piperidine rings is 1. The van der Waals surface area contributed by atoms with Gasteiger partial charge in [0.1, 0.15) is 0 Å². The topological polar surface area (TPSA) is 88.1 Å². The van der Waals surface area contributed by atoms with Crippen molar-refractivity contribution in [1.29, 1.82) is 0 Å². The number of nitrogens with zero attached hydrogens (tertiary/aromatic N) is 1. The molecule has 0 radical (unpaired) electrons. The van der Waals surface area contributed by atoms with E-state index in [9.17, 15) is 9.59 Å². The van der Waals surface area contributed by atoms with Crippen molar-refractivity contribution in [3.05, 3.63) is 0 Å². The van der Waals surface area contributed by atoms with Gasteiger partial charge in [-0.05, 0) is 6.42 Å². The number of likely N-dealkylation sites (tertiary alicyclic amines) is 1. The van der Waals surface area contributed by atoms with Crippen molar-refractivity contribution in [1.82, 2.24) is 10.2 Å². The highest BCUT2D eigenvalue weighted by Gasteiger charge is 2.32. The second kappa shape index (κ2) is 7.17. The van der Waals surface area contributed by atoms with Crippen LogP contribution in [0.1, 0.15) is 6.42 Å². The van der Waals surface area contributed by atoms with Gasteiger partial charge >= 0.3 is 12.1 Å². The van der Waals surface area contributed by atoms with E-state index in [2.05, 4.69) is 10.1 Å². The van der Waals surface area contributed by atoms with Crippen LogP contribution in [0.3, 0.4) is 0 Å². The highest BCUT2D eigenvalue weighted by atomic mass is 16.5. The maximum absolute atomic E-state index is 11.6. The molecule has 1 fully saturated rings. The minimum Gasteiger partial charge on any atom is -0.469 e. The van der Waals surface area contributed by atoms with Crippen molar-refractivity contribution < 1.29 is 24.2 Å². The average molecular weight is 260 g/mol. The molecule has 104 valence electrons. The largest absolute Gasteiger partial charge is 0.469 e. The van der Waals surface area contributed by atoms with Gasteiger partial charge < -0.3 is 19.9 Å². The molecule has 0 aliphatic carbocycles. The number of nitrogens with one attached hydrogen (secondary N) is 1. The molecule has 0 aromatic heterocycles. The molecule has 7 nitrogen and oxygen atoms in total. The first-order valence-corrected chi connectivity index (χ1v) is 5.86. The molecular formula is C11H20N2O5. The highest BCUT2D eigenvalue weighted by molar-refractivity contribution is 5.73. The predicted molar refractivity (Wildman–Crippen MR) is 63.0 cm³/mol. The van der Waals surface area contributed by atoms with E-state index in [0.29, 0.717) is 26.1 Å². The van der Waals surface area contributed by atoms with Gasteiger partial charge in [-0.3, -0.25) is 9.69 Å².